The van der Waals surface area contributed by atoms with E-state index in [1.54, 1.807) is 97.2 Å². The molecule has 0 spiro atoms. The second-order valence-electron chi connectivity index (χ2n) is 27.5. The summed E-state index contributed by atoms with van der Waals surface area (Å²) in [4.78, 5) is 148. The maximum absolute atomic E-state index is 15.3. The van der Waals surface area contributed by atoms with Crippen molar-refractivity contribution in [3.63, 3.8) is 0 Å². The highest BCUT2D eigenvalue weighted by Crippen LogP contribution is 2.45. The molecule has 2 aromatic heterocycles. The molecule has 4 heterocycles. The number of benzene rings is 5. The van der Waals surface area contributed by atoms with Gasteiger partial charge < -0.3 is 79.7 Å². The predicted molar refractivity (Wildman–Crippen MR) is 398 cm³/mol. The molecule has 2 saturated heterocycles. The monoisotopic (exact) mass is 1420 g/mol. The van der Waals surface area contributed by atoms with Crippen molar-refractivity contribution in [2.45, 2.75) is 163 Å². The number of hydrogen-bond donors (Lipinski definition) is 14. The molecule has 25 nitrogen and oxygen atoms in total. The number of aliphatic hydroxyl groups excluding tert-OH is 1. The van der Waals surface area contributed by atoms with Crippen LogP contribution in [-0.4, -0.2) is 178 Å². The number of amides is 8. The van der Waals surface area contributed by atoms with Gasteiger partial charge in [0.05, 0.1) is 17.9 Å². The van der Waals surface area contributed by atoms with Gasteiger partial charge >= 0.3 is 0 Å². The number of carbonyl (C=O) groups is 9. The first-order valence-electron chi connectivity index (χ1n) is 35.7. The van der Waals surface area contributed by atoms with Gasteiger partial charge in [-0.3, -0.25) is 48.1 Å². The molecule has 103 heavy (non-hydrogen) atoms. The molecule has 0 saturated carbocycles. The van der Waals surface area contributed by atoms with E-state index in [4.69, 9.17) is 17.2 Å². The number of nitrogens with one attached hydrogen (secondary N) is 10. The number of nitrogens with two attached hydrogens (primary N) is 3. The van der Waals surface area contributed by atoms with Gasteiger partial charge in [0, 0.05) is 84.9 Å². The van der Waals surface area contributed by atoms with Crippen LogP contribution in [0.2, 0.25) is 0 Å². The number of H-pyrrole nitrogens is 2. The number of thioether (sulfide) groups is 1. The van der Waals surface area contributed by atoms with Crippen LogP contribution in [0.1, 0.15) is 104 Å². The molecule has 0 bridgehead atoms. The summed E-state index contributed by atoms with van der Waals surface area (Å²) in [5, 5.41) is 36.2. The van der Waals surface area contributed by atoms with Crippen LogP contribution in [0.4, 0.5) is 0 Å². The highest BCUT2D eigenvalue weighted by molar-refractivity contribution is 7.99. The SMILES string of the molecule is C[C@@H](O)[C@@H]1NC(=O)[C@H](CCCCN)NC(=O)[C@@H](Cc2c[nH]c3ccccc23)NC(=O)[C@H](Cc2ccccc2)NC(=O)[C@H](Cc2ccccc2)NC(=O)[C@H](CCCN=C(N)N)NC(=O)[C@H](NC(=O)CSC[C@@H]2C[C@@H]3c4cccc5[nH]cc(c45)C[C@H]3N(C)C2)CCCC(=O)[C@H](Cc2ccccc2)NC1=O. The molecule has 2 fully saturated rings. The van der Waals surface area contributed by atoms with Gasteiger partial charge in [-0.25, -0.2) is 0 Å². The van der Waals surface area contributed by atoms with E-state index in [-0.39, 0.29) is 94.9 Å². The smallest absolute Gasteiger partial charge is 0.245 e. The van der Waals surface area contributed by atoms with Crippen LogP contribution in [0.5, 0.6) is 0 Å². The predicted octanol–water partition coefficient (Wildman–Crippen LogP) is 3.51. The zero-order valence-electron chi connectivity index (χ0n) is 58.4. The zero-order chi connectivity index (χ0) is 72.9. The third-order valence-corrected chi connectivity index (χ3v) is 20.9. The highest BCUT2D eigenvalue weighted by atomic mass is 32.2. The third kappa shape index (κ3) is 20.9. The number of likely N-dealkylation sites (N-methyl/N-ethyl adjacent to an activating group) is 1. The Bertz CT molecular complexity index is 4090. The lowest BCUT2D eigenvalue weighted by Gasteiger charge is -2.45. The molecule has 7 aromatic rings. The van der Waals surface area contributed by atoms with Crippen molar-refractivity contribution in [1.82, 2.24) is 57.4 Å². The van der Waals surface area contributed by atoms with Gasteiger partial charge in [-0.15, -0.1) is 0 Å². The van der Waals surface area contributed by atoms with E-state index in [0.29, 0.717) is 52.8 Å². The number of para-hydroxylation sites is 1. The molecule has 8 amide bonds. The number of aromatic amines is 2. The van der Waals surface area contributed by atoms with Crippen molar-refractivity contribution in [2.24, 2.45) is 28.1 Å². The molecule has 0 radical (unpaired) electrons. The molecule has 26 heteroatoms. The molecule has 12 atom stereocenters. The minimum atomic E-state index is -1.67. The highest BCUT2D eigenvalue weighted by Gasteiger charge is 2.41. The summed E-state index contributed by atoms with van der Waals surface area (Å²) in [6.45, 7) is 2.43. The minimum absolute atomic E-state index is 0.00907. The van der Waals surface area contributed by atoms with Crippen molar-refractivity contribution in [2.75, 3.05) is 38.2 Å². The lowest BCUT2D eigenvalue weighted by molar-refractivity contribution is -0.136. The van der Waals surface area contributed by atoms with E-state index in [1.165, 1.54) is 35.2 Å². The van der Waals surface area contributed by atoms with Crippen molar-refractivity contribution in [1.29, 1.82) is 0 Å². The lowest BCUT2D eigenvalue weighted by Crippen LogP contribution is -2.62. The molecule has 3 aliphatic rings. The van der Waals surface area contributed by atoms with Crippen LogP contribution in [0.15, 0.2) is 151 Å². The molecule has 10 rings (SSSR count). The minimum Gasteiger partial charge on any atom is -0.391 e. The Kier molecular flexibility index (Phi) is 27.1. The molecular weight excluding hydrogens is 1330 g/mol. The molecule has 546 valence electrons. The quantitative estimate of drug-likeness (QED) is 0.0262. The van der Waals surface area contributed by atoms with E-state index < -0.39 is 107 Å². The molecule has 0 unspecified atom stereocenters. The molecule has 1 aliphatic carbocycles. The largest absolute Gasteiger partial charge is 0.391 e. The summed E-state index contributed by atoms with van der Waals surface area (Å²) in [5.41, 5.74) is 24.5. The topological polar surface area (TPSA) is 395 Å². The van der Waals surface area contributed by atoms with E-state index in [2.05, 4.69) is 93.8 Å². The van der Waals surface area contributed by atoms with E-state index in [1.807, 2.05) is 24.3 Å². The van der Waals surface area contributed by atoms with Crippen LogP contribution >= 0.6 is 11.8 Å². The van der Waals surface area contributed by atoms with Gasteiger partial charge in [0.15, 0.2) is 11.7 Å². The summed E-state index contributed by atoms with van der Waals surface area (Å²) in [6.07, 6.45) is 4.31. The Balaban J connectivity index is 0.981. The van der Waals surface area contributed by atoms with Crippen LogP contribution < -0.4 is 59.7 Å². The van der Waals surface area contributed by atoms with Crippen molar-refractivity contribution >= 4 is 92.6 Å². The lowest BCUT2D eigenvalue weighted by atomic mass is 9.73. The molecule has 17 N–H and O–H groups in total. The number of carbonyl (C=O) groups excluding carboxylic acids is 9. The summed E-state index contributed by atoms with van der Waals surface area (Å²) in [7, 11) is 2.15. The maximum atomic E-state index is 15.3. The number of aliphatic hydroxyl groups is 1. The molecule has 5 aromatic carbocycles. The van der Waals surface area contributed by atoms with Crippen molar-refractivity contribution in [3.05, 3.63) is 179 Å². The second kappa shape index (κ2) is 36.8. The first-order valence-corrected chi connectivity index (χ1v) is 36.9. The first kappa shape index (κ1) is 75.8. The summed E-state index contributed by atoms with van der Waals surface area (Å²) in [6, 6.07) is 29.5. The Morgan fingerprint density at radius 2 is 1.15 bits per heavy atom. The number of aromatic nitrogens is 2. The van der Waals surface area contributed by atoms with Gasteiger partial charge in [-0.05, 0) is 142 Å². The number of Topliss-reactive ketones (excluding diaryl/α,β-unsaturated/α-hetero) is 1. The molecular formula is C77H97N15O10S. The second-order valence-corrected chi connectivity index (χ2v) is 28.5. The van der Waals surface area contributed by atoms with E-state index >= 15 is 24.0 Å². The van der Waals surface area contributed by atoms with Crippen LogP contribution in [-0.2, 0) is 75.3 Å². The summed E-state index contributed by atoms with van der Waals surface area (Å²) in [5.74, 6) is -5.71. The van der Waals surface area contributed by atoms with Crippen LogP contribution in [0.3, 0.4) is 0 Å². The number of guanidine groups is 1. The number of ketones is 1. The zero-order valence-corrected chi connectivity index (χ0v) is 59.2. The average molecular weight is 1420 g/mol. The fourth-order valence-electron chi connectivity index (χ4n) is 14.4. The van der Waals surface area contributed by atoms with Gasteiger partial charge in [0.1, 0.15) is 42.3 Å². The van der Waals surface area contributed by atoms with Gasteiger partial charge in [0.2, 0.25) is 47.3 Å². The van der Waals surface area contributed by atoms with Gasteiger partial charge in [-0.1, -0.05) is 121 Å². The number of likely N-dealkylation sites (tertiary alicyclic amines) is 1. The average Bonchev–Trinajstić information content (AvgIpc) is 1.67. The number of fused-ring (bicyclic) bond motifs is 3. The van der Waals surface area contributed by atoms with Crippen LogP contribution in [0, 0.1) is 5.92 Å². The fraction of sp³-hybridized carbons (Fsp3) is 0.429. The first-order chi connectivity index (χ1) is 49.8. The maximum Gasteiger partial charge on any atom is 0.245 e. The van der Waals surface area contributed by atoms with Crippen molar-refractivity contribution in [3.8, 4) is 0 Å². The standard InChI is InChI=1S/C77H97N15O10S/c1-46(93)69-76(102)87-61(36-47-19-6-3-7-20-47)66(94)32-17-30-58(84-67(95)45-103-44-50-35-55-54-26-16-29-57-68(54)52(42-83-57)40-65(55)92(2)43-50)70(96)85-60(31-18-34-81-77(79)80)71(97)88-62(37-48-21-8-4-9-22-48)73(99)89-63(38-49-23-10-5-11-24-49)74(100)90-64(39-51-41-82-56-27-13-12-25-53(51)56)75(101)86-59(72(98)91-69)28-14-15-33-78/h3-13,16,19-27,29,41-42,46,50,55,58-65,69,82-83,93H,14-15,17-18,28,30-40,43-45,78H2,1-2H3,(H,84,95)(H,85,96)(H,86,101)(H,87,102)(H,88,97)(H,89,99)(H,90,100)(H,91,98)(H4,79,80,81)/t46-,50-,55-,58-,59+,60+,61+,62+,63+,64-,65-,69+/m1/s1. The van der Waals surface area contributed by atoms with Gasteiger partial charge in [-0.2, -0.15) is 11.8 Å². The van der Waals surface area contributed by atoms with E-state index in [9.17, 15) is 24.3 Å². The number of piperidine rings is 1. The fourth-order valence-corrected chi connectivity index (χ4v) is 15.4. The molecule has 2 aliphatic heterocycles. The Morgan fingerprint density at radius 3 is 1.77 bits per heavy atom. The number of nitrogens with zero attached hydrogens (tertiary/aromatic N) is 2. The van der Waals surface area contributed by atoms with Crippen LogP contribution in [0.25, 0.3) is 21.8 Å². The van der Waals surface area contributed by atoms with Crippen molar-refractivity contribution < 1.29 is 48.3 Å². The summed E-state index contributed by atoms with van der Waals surface area (Å²) < 4.78 is 0. The normalized spacial score (nSPS) is 24.1. The Morgan fingerprint density at radius 1 is 0.612 bits per heavy atom. The summed E-state index contributed by atoms with van der Waals surface area (Å²) >= 11 is 1.45. The Hall–Kier alpha value is -9.89. The third-order valence-electron chi connectivity index (χ3n) is 19.7. The number of hydrogen-bond acceptors (Lipinski definition) is 14. The van der Waals surface area contributed by atoms with E-state index in [0.717, 1.165) is 35.8 Å². The number of aliphatic imine (C=N–C) groups is 1. The Labute approximate surface area is 604 Å². The van der Waals surface area contributed by atoms with Gasteiger partial charge in [0.25, 0.3) is 0 Å². The number of unbranched alkanes of at least 4 members (excludes halogenated alkanes) is 1. The number of rotatable bonds is 22.